The van der Waals surface area contributed by atoms with Crippen LogP contribution in [0.3, 0.4) is 0 Å². The Balaban J connectivity index is 6.17. The van der Waals surface area contributed by atoms with Crippen LogP contribution < -0.4 is 0 Å². The molecule has 0 aromatic rings. The zero-order valence-electron chi connectivity index (χ0n) is 17.7. The molecule has 134 valence electrons. The molecular weight excluding hydrogens is 347 g/mol. The van der Waals surface area contributed by atoms with Crippen molar-refractivity contribution in [3.63, 3.8) is 0 Å². The molecule has 22 heavy (non-hydrogen) atoms. The van der Waals surface area contributed by atoms with Crippen LogP contribution in [-0.4, -0.2) is 52.0 Å². The van der Waals surface area contributed by atoms with E-state index in [1.807, 2.05) is 0 Å². The van der Waals surface area contributed by atoms with E-state index in [0.717, 1.165) is 0 Å². The molecule has 0 unspecified atom stereocenters. The molecule has 0 saturated carbocycles. The first-order chi connectivity index (χ1) is 9.77. The van der Waals surface area contributed by atoms with E-state index in [-0.39, 0.29) is 19.4 Å². The Hall–Kier alpha value is 1.04. The van der Waals surface area contributed by atoms with Gasteiger partial charge in [-0.2, -0.15) is 0 Å². The lowest BCUT2D eigenvalue weighted by Crippen LogP contribution is -2.71. The van der Waals surface area contributed by atoms with E-state index in [1.54, 1.807) is 12.1 Å². The van der Waals surface area contributed by atoms with Crippen molar-refractivity contribution in [3.05, 3.63) is 0 Å². The molecule has 0 saturated heterocycles. The highest BCUT2D eigenvalue weighted by atomic mass is 28.4. The third-order valence-electron chi connectivity index (χ3n) is 5.29. The number of nitrogens with zero attached hydrogens (tertiary/aromatic N) is 1. The molecule has 0 aromatic heterocycles. The SMILES string of the molecule is CC(C)(C)[Si](N([SiH2]CC[SiH3])[SiH2]CC[SiH3])(C(C)(C)C)C(C)(C)C. The molecule has 0 rings (SSSR count). The molecule has 0 aliphatic carbocycles. The quantitative estimate of drug-likeness (QED) is 0.601. The summed E-state index contributed by atoms with van der Waals surface area (Å²) in [5.41, 5.74) is 0. The molecule has 0 N–H and O–H groups in total. The minimum absolute atomic E-state index is 0.0317. The van der Waals surface area contributed by atoms with E-state index in [2.05, 4.69) is 66.2 Å². The maximum atomic E-state index is 3.32. The summed E-state index contributed by atoms with van der Waals surface area (Å²) in [5.74, 6) is 0. The van der Waals surface area contributed by atoms with E-state index in [9.17, 15) is 0 Å². The lowest BCUT2D eigenvalue weighted by atomic mass is 10.2. The molecule has 0 radical (unpaired) electrons. The third kappa shape index (κ3) is 4.78. The maximum absolute atomic E-state index is 3.32. The summed E-state index contributed by atoms with van der Waals surface area (Å²) in [6.07, 6.45) is 0. The van der Waals surface area contributed by atoms with Gasteiger partial charge < -0.3 is 3.90 Å². The van der Waals surface area contributed by atoms with Gasteiger partial charge in [-0.15, -0.1) is 0 Å². The molecule has 0 aromatic carbocycles. The van der Waals surface area contributed by atoms with Gasteiger partial charge in [0, 0.05) is 20.5 Å². The Labute approximate surface area is 153 Å². The molecule has 0 aliphatic heterocycles. The Bertz CT molecular complexity index is 281. The second kappa shape index (κ2) is 8.42. The van der Waals surface area contributed by atoms with Gasteiger partial charge >= 0.3 is 0 Å². The van der Waals surface area contributed by atoms with Crippen LogP contribution >= 0.6 is 0 Å². The van der Waals surface area contributed by atoms with Crippen LogP contribution in [0.1, 0.15) is 62.3 Å². The van der Waals surface area contributed by atoms with Crippen LogP contribution in [0.5, 0.6) is 0 Å². The first-order valence-electron chi connectivity index (χ1n) is 9.52. The zero-order valence-corrected chi connectivity index (χ0v) is 25.5. The molecule has 0 spiro atoms. The highest BCUT2D eigenvalue weighted by Crippen LogP contribution is 2.63. The molecule has 0 aliphatic rings. The Kier molecular flexibility index (Phi) is 8.82. The van der Waals surface area contributed by atoms with Crippen molar-refractivity contribution < 1.29 is 0 Å². The van der Waals surface area contributed by atoms with Crippen molar-refractivity contribution in [2.45, 2.75) is 102 Å². The average Bonchev–Trinajstić information content (AvgIpc) is 2.27. The first-order valence-corrected chi connectivity index (χ1v) is 17.6. The average molecular weight is 392 g/mol. The fourth-order valence-corrected chi connectivity index (χ4v) is 33.2. The van der Waals surface area contributed by atoms with Crippen LogP contribution in [0.25, 0.3) is 0 Å². The van der Waals surface area contributed by atoms with E-state index in [0.29, 0.717) is 15.1 Å². The Morgan fingerprint density at radius 1 is 0.682 bits per heavy atom. The fraction of sp³-hybridized carbons (Fsp3) is 1.00. The largest absolute Gasteiger partial charge is 0.377 e. The second-order valence-corrected chi connectivity index (χ2v) is 24.7. The highest BCUT2D eigenvalue weighted by Gasteiger charge is 2.62. The summed E-state index contributed by atoms with van der Waals surface area (Å²) in [4.78, 5) is 0. The van der Waals surface area contributed by atoms with Gasteiger partial charge in [-0.3, -0.25) is 0 Å². The van der Waals surface area contributed by atoms with Gasteiger partial charge in [0.25, 0.3) is 0 Å². The molecule has 0 bridgehead atoms. The first kappa shape index (κ1) is 23.0. The van der Waals surface area contributed by atoms with Gasteiger partial charge in [0.2, 0.25) is 0 Å². The molecule has 0 heterocycles. The summed E-state index contributed by atoms with van der Waals surface area (Å²) in [5, 5.41) is 1.37. The Morgan fingerprint density at radius 3 is 1.14 bits per heavy atom. The minimum Gasteiger partial charge on any atom is -0.377 e. The van der Waals surface area contributed by atoms with Crippen molar-refractivity contribution in [1.82, 2.24) is 3.90 Å². The topological polar surface area (TPSA) is 3.24 Å². The lowest BCUT2D eigenvalue weighted by Gasteiger charge is -2.65. The summed E-state index contributed by atoms with van der Waals surface area (Å²) in [7, 11) is 1.12. The van der Waals surface area contributed by atoms with E-state index >= 15 is 0 Å². The summed E-state index contributed by atoms with van der Waals surface area (Å²) < 4.78 is 3.32. The second-order valence-electron chi connectivity index (χ2n) is 10.2. The van der Waals surface area contributed by atoms with E-state index in [1.165, 1.54) is 32.6 Å². The van der Waals surface area contributed by atoms with Crippen molar-refractivity contribution in [2.75, 3.05) is 0 Å². The lowest BCUT2D eigenvalue weighted by molar-refractivity contribution is 0.489. The van der Waals surface area contributed by atoms with Crippen molar-refractivity contribution in [2.24, 2.45) is 0 Å². The molecule has 0 fully saturated rings. The number of hydrogen-bond acceptors (Lipinski definition) is 1. The van der Waals surface area contributed by atoms with Crippen LogP contribution in [0.2, 0.25) is 39.3 Å². The maximum Gasteiger partial charge on any atom is 0.130 e. The van der Waals surface area contributed by atoms with E-state index in [4.69, 9.17) is 0 Å². The van der Waals surface area contributed by atoms with Crippen LogP contribution in [0, 0.1) is 0 Å². The molecule has 6 heteroatoms. The zero-order chi connectivity index (χ0) is 17.8. The number of rotatable bonds is 7. The molecule has 0 amide bonds. The minimum atomic E-state index is -1.62. The standard InChI is InChI=1S/C16H45NSi5/c1-14(2,3)22(15(4,5)6,16(7,8)9)17(20-12-10-18)21-13-11-19/h10-13,20-21H2,1-9,18-19H3. The van der Waals surface area contributed by atoms with Gasteiger partial charge in [-0.25, -0.2) is 0 Å². The third-order valence-corrected chi connectivity index (χ3v) is 26.2. The normalized spacial score (nSPS) is 16.1. The van der Waals surface area contributed by atoms with Gasteiger partial charge in [-0.05, 0) is 15.1 Å². The molecule has 1 nitrogen and oxygen atoms in total. The highest BCUT2D eigenvalue weighted by molar-refractivity contribution is 6.94. The van der Waals surface area contributed by atoms with Crippen LogP contribution in [0.15, 0.2) is 0 Å². The van der Waals surface area contributed by atoms with E-state index < -0.39 is 8.24 Å². The summed E-state index contributed by atoms with van der Waals surface area (Å²) in [6, 6.07) is 6.22. The smallest absolute Gasteiger partial charge is 0.130 e. The summed E-state index contributed by atoms with van der Waals surface area (Å²) in [6.45, 7) is 23.2. The fourth-order valence-electron chi connectivity index (χ4n) is 5.94. The predicted molar refractivity (Wildman–Crippen MR) is 123 cm³/mol. The number of hydrogen-bond donors (Lipinski definition) is 0. The van der Waals surface area contributed by atoms with Gasteiger partial charge in [-0.1, -0.05) is 86.5 Å². The van der Waals surface area contributed by atoms with Gasteiger partial charge in [0.15, 0.2) is 0 Å². The van der Waals surface area contributed by atoms with Gasteiger partial charge in [0.1, 0.15) is 8.24 Å². The van der Waals surface area contributed by atoms with Crippen molar-refractivity contribution in [1.29, 1.82) is 0 Å². The van der Waals surface area contributed by atoms with Crippen LogP contribution in [0.4, 0.5) is 0 Å². The van der Waals surface area contributed by atoms with Crippen molar-refractivity contribution in [3.8, 4) is 0 Å². The molecular formula is C16H45NSi5. The van der Waals surface area contributed by atoms with Crippen LogP contribution in [-0.2, 0) is 0 Å². The predicted octanol–water partition coefficient (Wildman–Crippen LogP) is 2.21. The Morgan fingerprint density at radius 2 is 0.955 bits per heavy atom. The van der Waals surface area contributed by atoms with Gasteiger partial charge in [0.05, 0.1) is 19.4 Å². The van der Waals surface area contributed by atoms with Crippen molar-refractivity contribution >= 4 is 48.1 Å². The summed E-state index contributed by atoms with van der Waals surface area (Å²) >= 11 is 0. The molecule has 0 atom stereocenters. The monoisotopic (exact) mass is 391 g/mol.